The molecule has 82 valence electrons. The highest BCUT2D eigenvalue weighted by molar-refractivity contribution is 5.87. The van der Waals surface area contributed by atoms with Crippen molar-refractivity contribution in [2.75, 3.05) is 6.54 Å². The lowest BCUT2D eigenvalue weighted by molar-refractivity contribution is -0.125. The summed E-state index contributed by atoms with van der Waals surface area (Å²) < 4.78 is 0. The smallest absolute Gasteiger partial charge is 0.152 e. The number of hydrogen-bond donors (Lipinski definition) is 2. The van der Waals surface area contributed by atoms with Gasteiger partial charge in [0.2, 0.25) is 0 Å². The minimum absolute atomic E-state index is 0.0193. The van der Waals surface area contributed by atoms with Crippen molar-refractivity contribution in [2.24, 2.45) is 17.4 Å². The number of Topliss-reactive ketones (excluding diaryl/α,β-unsaturated/α-hetero) is 1. The summed E-state index contributed by atoms with van der Waals surface area (Å²) in [5.41, 5.74) is 11.0. The Morgan fingerprint density at radius 3 is 2.57 bits per heavy atom. The minimum Gasteiger partial charge on any atom is -0.330 e. The molecule has 0 aliphatic heterocycles. The van der Waals surface area contributed by atoms with Crippen LogP contribution in [0, 0.1) is 5.92 Å². The largest absolute Gasteiger partial charge is 0.330 e. The van der Waals surface area contributed by atoms with Crippen LogP contribution in [0.1, 0.15) is 32.6 Å². The molecule has 0 rings (SSSR count). The average Bonchev–Trinajstić information content (AvgIpc) is 2.17. The van der Waals surface area contributed by atoms with Gasteiger partial charge in [-0.25, -0.2) is 0 Å². The average molecular weight is 200 g/mol. The Labute approximate surface area is 85.0 Å². The minimum atomic E-state index is -0.434. The summed E-state index contributed by atoms with van der Waals surface area (Å²) in [7, 11) is 0. The predicted molar refractivity (Wildman–Crippen MR) is 55.7 cm³/mol. The summed E-state index contributed by atoms with van der Waals surface area (Å²) in [6, 6.07) is -0.434. The van der Waals surface area contributed by atoms with E-state index in [1.807, 2.05) is 0 Å². The molecule has 14 heavy (non-hydrogen) atoms. The van der Waals surface area contributed by atoms with Gasteiger partial charge in [-0.1, -0.05) is 13.3 Å². The summed E-state index contributed by atoms with van der Waals surface area (Å²) in [4.78, 5) is 21.7. The SMILES string of the molecule is CC(CC=O)C(=O)[C@@H](N)CCCCN. The van der Waals surface area contributed by atoms with E-state index in [9.17, 15) is 9.59 Å². The highest BCUT2D eigenvalue weighted by Gasteiger charge is 2.19. The fourth-order valence-corrected chi connectivity index (χ4v) is 1.28. The molecule has 4 nitrogen and oxygen atoms in total. The van der Waals surface area contributed by atoms with Crippen LogP contribution >= 0.6 is 0 Å². The van der Waals surface area contributed by atoms with E-state index in [2.05, 4.69) is 0 Å². The predicted octanol–water partition coefficient (Wildman–Crippen LogP) is 0.237. The Hall–Kier alpha value is -0.740. The first-order valence-electron chi connectivity index (χ1n) is 5.06. The van der Waals surface area contributed by atoms with Crippen LogP contribution in [0.25, 0.3) is 0 Å². The summed E-state index contributed by atoms with van der Waals surface area (Å²) in [5, 5.41) is 0. The van der Waals surface area contributed by atoms with Crippen LogP contribution in [-0.4, -0.2) is 24.7 Å². The number of carbonyl (C=O) groups is 2. The van der Waals surface area contributed by atoms with Crippen LogP contribution in [0.5, 0.6) is 0 Å². The first kappa shape index (κ1) is 13.3. The molecule has 1 unspecified atom stereocenters. The molecule has 0 saturated carbocycles. The van der Waals surface area contributed by atoms with E-state index in [-0.39, 0.29) is 18.1 Å². The first-order chi connectivity index (χ1) is 6.63. The van der Waals surface area contributed by atoms with Crippen LogP contribution in [0.15, 0.2) is 0 Å². The molecule has 0 saturated heterocycles. The molecule has 0 fully saturated rings. The first-order valence-corrected chi connectivity index (χ1v) is 5.06. The van der Waals surface area contributed by atoms with Gasteiger partial charge in [-0.2, -0.15) is 0 Å². The van der Waals surface area contributed by atoms with Crippen molar-refractivity contribution in [3.8, 4) is 0 Å². The standard InChI is InChI=1S/C10H20N2O2/c1-8(5-7-13)10(14)9(12)4-2-3-6-11/h7-9H,2-6,11-12H2,1H3/t8?,9-/m0/s1. The maximum Gasteiger partial charge on any atom is 0.152 e. The molecular weight excluding hydrogens is 180 g/mol. The summed E-state index contributed by atoms with van der Waals surface area (Å²) in [6.07, 6.45) is 3.46. The Balaban J connectivity index is 3.79. The van der Waals surface area contributed by atoms with Crippen molar-refractivity contribution in [1.82, 2.24) is 0 Å². The van der Waals surface area contributed by atoms with Gasteiger partial charge in [0.1, 0.15) is 6.29 Å². The fraction of sp³-hybridized carbons (Fsp3) is 0.800. The molecule has 0 aromatic heterocycles. The van der Waals surface area contributed by atoms with Gasteiger partial charge in [0.05, 0.1) is 6.04 Å². The van der Waals surface area contributed by atoms with Crippen molar-refractivity contribution in [3.05, 3.63) is 0 Å². The topological polar surface area (TPSA) is 86.2 Å². The third kappa shape index (κ3) is 5.09. The van der Waals surface area contributed by atoms with Crippen molar-refractivity contribution in [3.63, 3.8) is 0 Å². The third-order valence-electron chi connectivity index (χ3n) is 2.27. The van der Waals surface area contributed by atoms with Gasteiger partial charge in [-0.3, -0.25) is 4.79 Å². The molecule has 0 radical (unpaired) electrons. The molecule has 0 aromatic rings. The molecule has 0 heterocycles. The van der Waals surface area contributed by atoms with E-state index in [4.69, 9.17) is 11.5 Å². The maximum atomic E-state index is 11.5. The van der Waals surface area contributed by atoms with E-state index in [1.165, 1.54) is 0 Å². The number of carbonyl (C=O) groups excluding carboxylic acids is 2. The van der Waals surface area contributed by atoms with Gasteiger partial charge in [-0.05, 0) is 19.4 Å². The van der Waals surface area contributed by atoms with Crippen molar-refractivity contribution >= 4 is 12.1 Å². The summed E-state index contributed by atoms with van der Waals surface area (Å²) >= 11 is 0. The number of nitrogens with two attached hydrogens (primary N) is 2. The van der Waals surface area contributed by atoms with E-state index in [0.717, 1.165) is 19.1 Å². The lowest BCUT2D eigenvalue weighted by atomic mass is 9.95. The Morgan fingerprint density at radius 1 is 1.43 bits per heavy atom. The number of aldehydes is 1. The zero-order valence-electron chi connectivity index (χ0n) is 8.74. The number of unbranched alkanes of at least 4 members (excludes halogenated alkanes) is 1. The molecule has 2 atom stereocenters. The second-order valence-electron chi connectivity index (χ2n) is 3.60. The van der Waals surface area contributed by atoms with E-state index in [1.54, 1.807) is 6.92 Å². The van der Waals surface area contributed by atoms with Gasteiger partial charge in [0.15, 0.2) is 5.78 Å². The van der Waals surface area contributed by atoms with Crippen LogP contribution in [-0.2, 0) is 9.59 Å². The normalized spacial score (nSPS) is 14.8. The molecule has 0 bridgehead atoms. The zero-order chi connectivity index (χ0) is 11.0. The highest BCUT2D eigenvalue weighted by atomic mass is 16.1. The molecule has 0 amide bonds. The molecule has 0 aliphatic rings. The fourth-order valence-electron chi connectivity index (χ4n) is 1.28. The van der Waals surface area contributed by atoms with Crippen molar-refractivity contribution in [1.29, 1.82) is 0 Å². The summed E-state index contributed by atoms with van der Waals surface area (Å²) in [6.45, 7) is 2.37. The second kappa shape index (κ2) is 7.64. The van der Waals surface area contributed by atoms with Gasteiger partial charge in [0, 0.05) is 12.3 Å². The van der Waals surface area contributed by atoms with E-state index < -0.39 is 6.04 Å². The van der Waals surface area contributed by atoms with Crippen LogP contribution < -0.4 is 11.5 Å². The second-order valence-corrected chi connectivity index (χ2v) is 3.60. The number of hydrogen-bond acceptors (Lipinski definition) is 4. The van der Waals surface area contributed by atoms with Crippen molar-refractivity contribution < 1.29 is 9.59 Å². The Kier molecular flexibility index (Phi) is 7.24. The zero-order valence-corrected chi connectivity index (χ0v) is 8.74. The third-order valence-corrected chi connectivity index (χ3v) is 2.27. The lowest BCUT2D eigenvalue weighted by Crippen LogP contribution is -2.34. The molecule has 4 heteroatoms. The highest BCUT2D eigenvalue weighted by Crippen LogP contribution is 2.08. The number of rotatable bonds is 8. The molecule has 0 aliphatic carbocycles. The monoisotopic (exact) mass is 200 g/mol. The van der Waals surface area contributed by atoms with Crippen molar-refractivity contribution in [2.45, 2.75) is 38.6 Å². The van der Waals surface area contributed by atoms with Crippen LogP contribution in [0.4, 0.5) is 0 Å². The van der Waals surface area contributed by atoms with E-state index in [0.29, 0.717) is 13.0 Å². The van der Waals surface area contributed by atoms with Gasteiger partial charge in [-0.15, -0.1) is 0 Å². The van der Waals surface area contributed by atoms with Gasteiger partial charge >= 0.3 is 0 Å². The Morgan fingerprint density at radius 2 is 2.07 bits per heavy atom. The summed E-state index contributed by atoms with van der Waals surface area (Å²) in [5.74, 6) is -0.269. The van der Waals surface area contributed by atoms with E-state index >= 15 is 0 Å². The quantitative estimate of drug-likeness (QED) is 0.434. The molecular formula is C10H20N2O2. The van der Waals surface area contributed by atoms with Crippen LogP contribution in [0.2, 0.25) is 0 Å². The Bertz CT molecular complexity index is 183. The lowest BCUT2D eigenvalue weighted by Gasteiger charge is -2.13. The molecule has 4 N–H and O–H groups in total. The van der Waals surface area contributed by atoms with Gasteiger partial charge < -0.3 is 16.3 Å². The van der Waals surface area contributed by atoms with Crippen LogP contribution in [0.3, 0.4) is 0 Å². The maximum absolute atomic E-state index is 11.5. The molecule has 0 spiro atoms. The molecule has 0 aromatic carbocycles. The van der Waals surface area contributed by atoms with Gasteiger partial charge in [0.25, 0.3) is 0 Å². The number of ketones is 1.